The Labute approximate surface area is 159 Å². The zero-order valence-electron chi connectivity index (χ0n) is 14.2. The number of aromatic nitrogens is 3. The number of pyridine rings is 1. The third kappa shape index (κ3) is 4.61. The van der Waals surface area contributed by atoms with E-state index in [-0.39, 0.29) is 54.1 Å². The minimum absolute atomic E-state index is 0. The van der Waals surface area contributed by atoms with Gasteiger partial charge in [0.25, 0.3) is 5.91 Å². The molecule has 0 aliphatic carbocycles. The summed E-state index contributed by atoms with van der Waals surface area (Å²) in [6, 6.07) is 1.47. The van der Waals surface area contributed by atoms with E-state index in [0.29, 0.717) is 24.0 Å². The number of nitrogens with one attached hydrogen (secondary N) is 2. The smallest absolute Gasteiger partial charge is 0.287 e. The van der Waals surface area contributed by atoms with Crippen LogP contribution in [0.25, 0.3) is 11.2 Å². The van der Waals surface area contributed by atoms with E-state index in [9.17, 15) is 9.59 Å². The van der Waals surface area contributed by atoms with E-state index >= 15 is 0 Å². The van der Waals surface area contributed by atoms with Crippen LogP contribution in [0.5, 0.6) is 0 Å². The molecule has 0 unspecified atom stereocenters. The van der Waals surface area contributed by atoms with Gasteiger partial charge in [0.1, 0.15) is 11.2 Å². The van der Waals surface area contributed by atoms with Gasteiger partial charge in [-0.15, -0.1) is 0 Å². The number of aryl methyl sites for hydroxylation is 2. The summed E-state index contributed by atoms with van der Waals surface area (Å²) in [5, 5.41) is 2.91. The standard InChI is InChI=1S/C15H20N4O2.2H2O.Sc/c1-6-15(4,7-2)18-14(21)13-17-11-9(3)8-10(20)16-12(11)19(13)5;;;/h8H,1-2,6-7H2,3-5H3,(H,16,20)(H,18,21);2*1H2;/q-2;;;. The van der Waals surface area contributed by atoms with Gasteiger partial charge in [0, 0.05) is 39.0 Å². The molecule has 0 aromatic carbocycles. The van der Waals surface area contributed by atoms with Crippen molar-refractivity contribution in [2.24, 2.45) is 7.05 Å². The number of imidazole rings is 1. The van der Waals surface area contributed by atoms with Gasteiger partial charge in [0.15, 0.2) is 0 Å². The maximum Gasteiger partial charge on any atom is 0.287 e. The number of fused-ring (bicyclic) bond motifs is 1. The number of hydrogen-bond donors (Lipinski definition) is 2. The first-order valence-corrected chi connectivity index (χ1v) is 6.78. The zero-order chi connectivity index (χ0) is 15.8. The van der Waals surface area contributed by atoms with Crippen LogP contribution in [0.15, 0.2) is 10.9 Å². The molecule has 0 saturated heterocycles. The summed E-state index contributed by atoms with van der Waals surface area (Å²) in [6.45, 7) is 11.4. The van der Waals surface area contributed by atoms with Gasteiger partial charge in [-0.2, -0.15) is 12.8 Å². The molecular weight excluding hydrogens is 345 g/mol. The SMILES string of the molecule is O.O.[CH2-]CC(C)(C[CH2-])NC(=O)c1nc2c(C)cc(=O)[nH]c2n1C.[Sc]. The molecule has 8 nitrogen and oxygen atoms in total. The number of carbonyl (C=O) groups excluding carboxylic acids is 1. The number of amides is 1. The minimum Gasteiger partial charge on any atom is -0.412 e. The molecule has 0 saturated carbocycles. The summed E-state index contributed by atoms with van der Waals surface area (Å²) in [4.78, 5) is 31.0. The third-order valence-corrected chi connectivity index (χ3v) is 3.78. The molecule has 2 rings (SSSR count). The molecule has 0 aliphatic rings. The summed E-state index contributed by atoms with van der Waals surface area (Å²) in [6.07, 6.45) is 1.06. The van der Waals surface area contributed by atoms with Crippen LogP contribution in [-0.4, -0.2) is 36.9 Å². The molecule has 0 fully saturated rings. The van der Waals surface area contributed by atoms with Crippen LogP contribution >= 0.6 is 0 Å². The van der Waals surface area contributed by atoms with Gasteiger partial charge >= 0.3 is 0 Å². The van der Waals surface area contributed by atoms with E-state index in [0.717, 1.165) is 5.56 Å². The zero-order valence-corrected chi connectivity index (χ0v) is 16.0. The Balaban J connectivity index is 0. The quantitative estimate of drug-likeness (QED) is 0.724. The average molecular weight is 369 g/mol. The first kappa shape index (κ1) is 24.9. The Morgan fingerprint density at radius 1 is 1.38 bits per heavy atom. The summed E-state index contributed by atoms with van der Waals surface area (Å²) in [5.41, 5.74) is 1.21. The number of aromatic amines is 1. The maximum absolute atomic E-state index is 12.4. The van der Waals surface area contributed by atoms with Crippen molar-refractivity contribution < 1.29 is 41.6 Å². The van der Waals surface area contributed by atoms with Gasteiger partial charge in [-0.25, -0.2) is 4.98 Å². The van der Waals surface area contributed by atoms with Gasteiger partial charge < -0.3 is 39.7 Å². The Hall–Kier alpha value is -1.32. The fourth-order valence-corrected chi connectivity index (χ4v) is 2.12. The Kier molecular flexibility index (Phi) is 9.60. The fourth-order valence-electron chi connectivity index (χ4n) is 2.12. The molecule has 1 amide bonds. The van der Waals surface area contributed by atoms with Crippen molar-refractivity contribution in [1.29, 1.82) is 0 Å². The van der Waals surface area contributed by atoms with Gasteiger partial charge in [-0.1, -0.05) is 0 Å². The summed E-state index contributed by atoms with van der Waals surface area (Å²) in [7, 11) is 1.70. The van der Waals surface area contributed by atoms with Crippen molar-refractivity contribution in [1.82, 2.24) is 19.9 Å². The van der Waals surface area contributed by atoms with Crippen molar-refractivity contribution in [2.75, 3.05) is 0 Å². The molecule has 0 bridgehead atoms. The maximum atomic E-state index is 12.4. The van der Waals surface area contributed by atoms with Gasteiger partial charge in [-0.3, -0.25) is 9.59 Å². The Bertz CT molecular complexity index is 750. The van der Waals surface area contributed by atoms with Crippen LogP contribution in [0.2, 0.25) is 0 Å². The fraction of sp³-hybridized carbons (Fsp3) is 0.400. The van der Waals surface area contributed by atoms with Crippen molar-refractivity contribution in [3.8, 4) is 0 Å². The molecule has 133 valence electrons. The molecule has 2 aromatic rings. The van der Waals surface area contributed by atoms with Crippen molar-refractivity contribution in [3.05, 3.63) is 41.7 Å². The largest absolute Gasteiger partial charge is 0.412 e. The van der Waals surface area contributed by atoms with Crippen LogP contribution in [-0.2, 0) is 32.9 Å². The summed E-state index contributed by atoms with van der Waals surface area (Å²) >= 11 is 0. The predicted octanol–water partition coefficient (Wildman–Crippen LogP) is -0.145. The van der Waals surface area contributed by atoms with E-state index in [4.69, 9.17) is 0 Å². The second kappa shape index (κ2) is 9.24. The van der Waals surface area contributed by atoms with E-state index in [2.05, 4.69) is 29.1 Å². The van der Waals surface area contributed by atoms with E-state index < -0.39 is 5.54 Å². The summed E-state index contributed by atoms with van der Waals surface area (Å²) in [5.74, 6) is -0.0492. The molecule has 9 heteroatoms. The van der Waals surface area contributed by atoms with Crippen molar-refractivity contribution in [2.45, 2.75) is 32.2 Å². The number of hydrogen-bond acceptors (Lipinski definition) is 3. The second-order valence-corrected chi connectivity index (χ2v) is 5.52. The second-order valence-electron chi connectivity index (χ2n) is 5.52. The van der Waals surface area contributed by atoms with Crippen LogP contribution in [0, 0.1) is 20.8 Å². The molecule has 24 heavy (non-hydrogen) atoms. The van der Waals surface area contributed by atoms with Gasteiger partial charge in [0.2, 0.25) is 11.4 Å². The first-order valence-electron chi connectivity index (χ1n) is 6.78. The number of H-pyrrole nitrogens is 1. The van der Waals surface area contributed by atoms with Crippen LogP contribution < -0.4 is 10.9 Å². The Morgan fingerprint density at radius 2 is 1.92 bits per heavy atom. The van der Waals surface area contributed by atoms with Gasteiger partial charge in [-0.05, 0) is 24.9 Å². The normalized spacial score (nSPS) is 10.4. The van der Waals surface area contributed by atoms with E-state index in [1.807, 2.05) is 6.92 Å². The molecule has 2 aromatic heterocycles. The van der Waals surface area contributed by atoms with Crippen molar-refractivity contribution in [3.63, 3.8) is 0 Å². The summed E-state index contributed by atoms with van der Waals surface area (Å²) < 4.78 is 1.59. The minimum atomic E-state index is -0.475. The molecule has 0 spiro atoms. The number of rotatable bonds is 4. The average Bonchev–Trinajstić information content (AvgIpc) is 2.77. The first-order chi connectivity index (χ1) is 9.81. The van der Waals surface area contributed by atoms with Crippen LogP contribution in [0.3, 0.4) is 0 Å². The molecule has 1 radical (unpaired) electrons. The molecule has 6 N–H and O–H groups in total. The molecular formula is C15H24N4O4Sc-2. The van der Waals surface area contributed by atoms with E-state index in [1.54, 1.807) is 18.5 Å². The number of carbonyl (C=O) groups is 1. The van der Waals surface area contributed by atoms with Crippen LogP contribution in [0.4, 0.5) is 0 Å². The van der Waals surface area contributed by atoms with E-state index in [1.165, 1.54) is 6.07 Å². The number of nitrogens with zero attached hydrogens (tertiary/aromatic N) is 2. The van der Waals surface area contributed by atoms with Gasteiger partial charge in [0.05, 0.1) is 0 Å². The third-order valence-electron chi connectivity index (χ3n) is 3.78. The predicted molar refractivity (Wildman–Crippen MR) is 89.1 cm³/mol. The molecule has 0 aliphatic heterocycles. The monoisotopic (exact) mass is 369 g/mol. The topological polar surface area (TPSA) is 143 Å². The molecule has 2 heterocycles. The van der Waals surface area contributed by atoms with Crippen molar-refractivity contribution >= 4 is 17.1 Å². The molecule has 0 atom stereocenters. The Morgan fingerprint density at radius 3 is 2.42 bits per heavy atom. The van der Waals surface area contributed by atoms with Crippen LogP contribution in [0.1, 0.15) is 35.9 Å².